The molecule has 1 aliphatic heterocycles. The van der Waals surface area contributed by atoms with Gasteiger partial charge in [0.15, 0.2) is 0 Å². The van der Waals surface area contributed by atoms with E-state index < -0.39 is 0 Å². The SMILES string of the molecule is CN1C(=S)OCC1C(C)(C)C. The standard InChI is InChI=1S/C8H15NOS/c1-8(2,3)6-5-10-7(11)9(6)4/h6H,5H2,1-4H3. The second kappa shape index (κ2) is 2.63. The van der Waals surface area contributed by atoms with Crippen molar-refractivity contribution in [3.05, 3.63) is 0 Å². The van der Waals surface area contributed by atoms with Crippen LogP contribution in [0.1, 0.15) is 20.8 Å². The summed E-state index contributed by atoms with van der Waals surface area (Å²) in [6.07, 6.45) is 0. The number of hydrogen-bond acceptors (Lipinski definition) is 2. The van der Waals surface area contributed by atoms with Gasteiger partial charge in [0.1, 0.15) is 6.61 Å². The van der Waals surface area contributed by atoms with E-state index in [-0.39, 0.29) is 5.41 Å². The maximum Gasteiger partial charge on any atom is 0.259 e. The molecular weight excluding hydrogens is 158 g/mol. The lowest BCUT2D eigenvalue weighted by molar-refractivity contribution is 0.191. The van der Waals surface area contributed by atoms with Crippen molar-refractivity contribution in [2.75, 3.05) is 13.7 Å². The fraction of sp³-hybridized carbons (Fsp3) is 0.875. The molecule has 0 aromatic heterocycles. The molecule has 1 atom stereocenters. The summed E-state index contributed by atoms with van der Waals surface area (Å²) in [6.45, 7) is 7.33. The van der Waals surface area contributed by atoms with Crippen molar-refractivity contribution in [1.82, 2.24) is 4.90 Å². The molecule has 1 heterocycles. The number of hydrogen-bond donors (Lipinski definition) is 0. The van der Waals surface area contributed by atoms with Crippen LogP contribution in [0.25, 0.3) is 0 Å². The molecule has 0 radical (unpaired) electrons. The zero-order chi connectivity index (χ0) is 8.65. The molecule has 0 bridgehead atoms. The maximum absolute atomic E-state index is 5.26. The number of rotatable bonds is 0. The van der Waals surface area contributed by atoms with Crippen LogP contribution >= 0.6 is 12.2 Å². The average Bonchev–Trinajstić information content (AvgIpc) is 2.11. The second-order valence-electron chi connectivity index (χ2n) is 4.07. The first-order chi connectivity index (χ1) is 4.93. The Hall–Kier alpha value is -0.310. The fourth-order valence-corrected chi connectivity index (χ4v) is 1.52. The highest BCUT2D eigenvalue weighted by Crippen LogP contribution is 2.27. The van der Waals surface area contributed by atoms with Gasteiger partial charge in [-0.3, -0.25) is 0 Å². The molecule has 0 aromatic rings. The van der Waals surface area contributed by atoms with Crippen molar-refractivity contribution in [1.29, 1.82) is 0 Å². The van der Waals surface area contributed by atoms with Crippen molar-refractivity contribution in [2.45, 2.75) is 26.8 Å². The highest BCUT2D eigenvalue weighted by molar-refractivity contribution is 7.80. The molecular formula is C8H15NOS. The van der Waals surface area contributed by atoms with E-state index in [1.54, 1.807) is 0 Å². The molecule has 64 valence electrons. The normalized spacial score (nSPS) is 25.6. The predicted molar refractivity (Wildman–Crippen MR) is 49.6 cm³/mol. The Morgan fingerprint density at radius 3 is 2.27 bits per heavy atom. The zero-order valence-corrected chi connectivity index (χ0v) is 8.36. The second-order valence-corrected chi connectivity index (χ2v) is 4.42. The van der Waals surface area contributed by atoms with Crippen LogP contribution in [0.5, 0.6) is 0 Å². The van der Waals surface area contributed by atoms with Crippen LogP contribution < -0.4 is 0 Å². The van der Waals surface area contributed by atoms with Gasteiger partial charge in [0.25, 0.3) is 5.17 Å². The van der Waals surface area contributed by atoms with Crippen LogP contribution in [0.2, 0.25) is 0 Å². The minimum absolute atomic E-state index is 0.245. The van der Waals surface area contributed by atoms with E-state index in [4.69, 9.17) is 17.0 Å². The lowest BCUT2D eigenvalue weighted by atomic mass is 9.87. The van der Waals surface area contributed by atoms with Gasteiger partial charge in [0, 0.05) is 7.05 Å². The van der Waals surface area contributed by atoms with Gasteiger partial charge in [-0.1, -0.05) is 20.8 Å². The minimum atomic E-state index is 0.245. The first-order valence-electron chi connectivity index (χ1n) is 3.82. The molecule has 3 heteroatoms. The van der Waals surface area contributed by atoms with E-state index in [0.29, 0.717) is 11.2 Å². The lowest BCUT2D eigenvalue weighted by Crippen LogP contribution is -2.39. The molecule has 2 nitrogen and oxygen atoms in total. The van der Waals surface area contributed by atoms with Gasteiger partial charge in [-0.25, -0.2) is 0 Å². The molecule has 0 aromatic carbocycles. The maximum atomic E-state index is 5.26. The molecule has 0 N–H and O–H groups in total. The van der Waals surface area contributed by atoms with Gasteiger partial charge in [0.2, 0.25) is 0 Å². The summed E-state index contributed by atoms with van der Waals surface area (Å²) >= 11 is 4.99. The van der Waals surface area contributed by atoms with Crippen LogP contribution in [0.4, 0.5) is 0 Å². The monoisotopic (exact) mass is 173 g/mol. The van der Waals surface area contributed by atoms with E-state index in [1.807, 2.05) is 11.9 Å². The van der Waals surface area contributed by atoms with Crippen LogP contribution in [-0.2, 0) is 4.74 Å². The lowest BCUT2D eigenvalue weighted by Gasteiger charge is -2.30. The third-order valence-corrected chi connectivity index (χ3v) is 2.53. The summed E-state index contributed by atoms with van der Waals surface area (Å²) in [7, 11) is 1.99. The van der Waals surface area contributed by atoms with Crippen molar-refractivity contribution < 1.29 is 4.74 Å². The molecule has 1 rings (SSSR count). The Morgan fingerprint density at radius 1 is 1.55 bits per heavy atom. The van der Waals surface area contributed by atoms with E-state index in [0.717, 1.165) is 6.61 Å². The smallest absolute Gasteiger partial charge is 0.259 e. The fourth-order valence-electron chi connectivity index (χ4n) is 1.32. The third kappa shape index (κ3) is 1.64. The van der Waals surface area contributed by atoms with E-state index in [1.165, 1.54) is 0 Å². The number of nitrogens with zero attached hydrogens (tertiary/aromatic N) is 1. The molecule has 1 aliphatic rings. The van der Waals surface area contributed by atoms with E-state index >= 15 is 0 Å². The number of ether oxygens (including phenoxy) is 1. The van der Waals surface area contributed by atoms with Gasteiger partial charge in [-0.15, -0.1) is 0 Å². The summed E-state index contributed by atoms with van der Waals surface area (Å²) in [5.41, 5.74) is 0.245. The Morgan fingerprint density at radius 2 is 2.09 bits per heavy atom. The van der Waals surface area contributed by atoms with Gasteiger partial charge < -0.3 is 9.64 Å². The molecule has 11 heavy (non-hydrogen) atoms. The van der Waals surface area contributed by atoms with E-state index in [2.05, 4.69) is 20.8 Å². The number of likely N-dealkylation sites (N-methyl/N-ethyl adjacent to an activating group) is 1. The van der Waals surface area contributed by atoms with Gasteiger partial charge >= 0.3 is 0 Å². The van der Waals surface area contributed by atoms with Gasteiger partial charge in [-0.05, 0) is 17.6 Å². The molecule has 1 saturated heterocycles. The summed E-state index contributed by atoms with van der Waals surface area (Å²) in [6, 6.07) is 0.426. The topological polar surface area (TPSA) is 12.5 Å². The van der Waals surface area contributed by atoms with Crippen LogP contribution in [0, 0.1) is 5.41 Å². The Balaban J connectivity index is 2.70. The highest BCUT2D eigenvalue weighted by atomic mass is 32.1. The first-order valence-corrected chi connectivity index (χ1v) is 4.23. The van der Waals surface area contributed by atoms with Gasteiger partial charge in [0.05, 0.1) is 6.04 Å². The van der Waals surface area contributed by atoms with E-state index in [9.17, 15) is 0 Å². The first kappa shape index (κ1) is 8.78. The van der Waals surface area contributed by atoms with Crippen LogP contribution in [-0.4, -0.2) is 29.8 Å². The molecule has 0 aliphatic carbocycles. The minimum Gasteiger partial charge on any atom is -0.469 e. The predicted octanol–water partition coefficient (Wildman–Crippen LogP) is 1.65. The van der Waals surface area contributed by atoms with Crippen LogP contribution in [0.15, 0.2) is 0 Å². The quantitative estimate of drug-likeness (QED) is 0.517. The summed E-state index contributed by atoms with van der Waals surface area (Å²) in [5, 5.41) is 0.630. The molecule has 0 saturated carbocycles. The van der Waals surface area contributed by atoms with Gasteiger partial charge in [-0.2, -0.15) is 0 Å². The summed E-state index contributed by atoms with van der Waals surface area (Å²) in [5.74, 6) is 0. The van der Waals surface area contributed by atoms with Crippen molar-refractivity contribution >= 4 is 17.4 Å². The summed E-state index contributed by atoms with van der Waals surface area (Å²) in [4.78, 5) is 2.04. The van der Waals surface area contributed by atoms with Crippen molar-refractivity contribution in [3.8, 4) is 0 Å². The van der Waals surface area contributed by atoms with Crippen molar-refractivity contribution in [3.63, 3.8) is 0 Å². The molecule has 0 spiro atoms. The average molecular weight is 173 g/mol. The molecule has 0 amide bonds. The highest BCUT2D eigenvalue weighted by Gasteiger charge is 2.35. The third-order valence-electron chi connectivity index (χ3n) is 2.12. The Kier molecular flexibility index (Phi) is 2.10. The largest absolute Gasteiger partial charge is 0.469 e. The Labute approximate surface area is 73.5 Å². The zero-order valence-electron chi connectivity index (χ0n) is 7.55. The van der Waals surface area contributed by atoms with Crippen LogP contribution in [0.3, 0.4) is 0 Å². The number of thiocarbonyl (C=S) groups is 1. The summed E-state index contributed by atoms with van der Waals surface area (Å²) < 4.78 is 5.26. The molecule has 1 fully saturated rings. The Bertz CT molecular complexity index is 173. The molecule has 1 unspecified atom stereocenters. The van der Waals surface area contributed by atoms with Crippen molar-refractivity contribution in [2.24, 2.45) is 5.41 Å².